The quantitative estimate of drug-likeness (QED) is 0.734. The third-order valence-electron chi connectivity index (χ3n) is 4.30. The summed E-state index contributed by atoms with van der Waals surface area (Å²) in [7, 11) is 1.94. The van der Waals surface area contributed by atoms with Crippen LogP contribution >= 0.6 is 0 Å². The first kappa shape index (κ1) is 16.4. The van der Waals surface area contributed by atoms with E-state index < -0.39 is 10.0 Å². The SMILES string of the molecule is CN(C)CCN(C(=O)c1cc2n(n1)CCN(C)S2(=O)=O)C1CC1. The van der Waals surface area contributed by atoms with Crippen molar-refractivity contribution in [2.24, 2.45) is 0 Å². The Balaban J connectivity index is 1.85. The van der Waals surface area contributed by atoms with Gasteiger partial charge >= 0.3 is 0 Å². The minimum Gasteiger partial charge on any atom is -0.333 e. The van der Waals surface area contributed by atoms with Gasteiger partial charge in [-0.05, 0) is 26.9 Å². The number of nitrogens with zero attached hydrogens (tertiary/aromatic N) is 5. The molecule has 1 fully saturated rings. The van der Waals surface area contributed by atoms with E-state index in [2.05, 4.69) is 5.10 Å². The van der Waals surface area contributed by atoms with Crippen molar-refractivity contribution in [2.75, 3.05) is 40.8 Å². The van der Waals surface area contributed by atoms with Crippen LogP contribution < -0.4 is 0 Å². The van der Waals surface area contributed by atoms with E-state index in [-0.39, 0.29) is 22.7 Å². The molecule has 1 saturated carbocycles. The predicted molar refractivity (Wildman–Crippen MR) is 84.7 cm³/mol. The van der Waals surface area contributed by atoms with Crippen molar-refractivity contribution in [1.29, 1.82) is 0 Å². The molecule has 0 radical (unpaired) electrons. The van der Waals surface area contributed by atoms with Gasteiger partial charge in [-0.3, -0.25) is 9.48 Å². The first-order valence-corrected chi connectivity index (χ1v) is 9.24. The molecule has 3 rings (SSSR count). The highest BCUT2D eigenvalue weighted by molar-refractivity contribution is 7.89. The molecule has 2 aliphatic rings. The lowest BCUT2D eigenvalue weighted by Gasteiger charge is -2.23. The van der Waals surface area contributed by atoms with Crippen LogP contribution in [0.15, 0.2) is 11.1 Å². The van der Waals surface area contributed by atoms with Gasteiger partial charge in [0.25, 0.3) is 15.9 Å². The highest BCUT2D eigenvalue weighted by atomic mass is 32.2. The van der Waals surface area contributed by atoms with Crippen molar-refractivity contribution < 1.29 is 13.2 Å². The lowest BCUT2D eigenvalue weighted by molar-refractivity contribution is 0.0725. The van der Waals surface area contributed by atoms with Crippen molar-refractivity contribution in [3.63, 3.8) is 0 Å². The molecule has 23 heavy (non-hydrogen) atoms. The number of sulfonamides is 1. The largest absolute Gasteiger partial charge is 0.333 e. The molecule has 1 aliphatic heterocycles. The third kappa shape index (κ3) is 3.13. The lowest BCUT2D eigenvalue weighted by atomic mass is 10.3. The standard InChI is InChI=1S/C14H23N5O3S/c1-16(2)6-8-18(11-4-5-11)14(20)12-10-13-19(15-12)9-7-17(3)23(13,21)22/h10-11H,4-9H2,1-3H3. The van der Waals surface area contributed by atoms with Crippen LogP contribution in [0.2, 0.25) is 0 Å². The minimum atomic E-state index is -3.53. The number of aromatic nitrogens is 2. The molecule has 0 spiro atoms. The topological polar surface area (TPSA) is 78.8 Å². The molecule has 8 nitrogen and oxygen atoms in total. The predicted octanol–water partition coefficient (Wildman–Crippen LogP) is -0.317. The summed E-state index contributed by atoms with van der Waals surface area (Å²) in [4.78, 5) is 16.6. The number of carbonyl (C=O) groups is 1. The van der Waals surface area contributed by atoms with E-state index in [1.165, 1.54) is 15.1 Å². The van der Waals surface area contributed by atoms with Crippen molar-refractivity contribution in [1.82, 2.24) is 23.9 Å². The second kappa shape index (κ2) is 5.88. The summed E-state index contributed by atoms with van der Waals surface area (Å²) < 4.78 is 27.3. The number of rotatable bonds is 5. The maximum Gasteiger partial charge on any atom is 0.274 e. The number of hydrogen-bond donors (Lipinski definition) is 0. The fourth-order valence-electron chi connectivity index (χ4n) is 2.68. The van der Waals surface area contributed by atoms with Gasteiger partial charge in [0.1, 0.15) is 0 Å². The van der Waals surface area contributed by atoms with Crippen LogP contribution in [0.3, 0.4) is 0 Å². The van der Waals surface area contributed by atoms with Crippen LogP contribution in [0.4, 0.5) is 0 Å². The first-order chi connectivity index (χ1) is 10.8. The Labute approximate surface area is 136 Å². The molecule has 0 aromatic carbocycles. The summed E-state index contributed by atoms with van der Waals surface area (Å²) >= 11 is 0. The van der Waals surface area contributed by atoms with Crippen LogP contribution in [-0.4, -0.2) is 85.0 Å². The second-order valence-electron chi connectivity index (χ2n) is 6.45. The fraction of sp³-hybridized carbons (Fsp3) is 0.714. The monoisotopic (exact) mass is 341 g/mol. The Morgan fingerprint density at radius 3 is 2.61 bits per heavy atom. The van der Waals surface area contributed by atoms with Gasteiger partial charge in [-0.1, -0.05) is 0 Å². The van der Waals surface area contributed by atoms with E-state index in [0.29, 0.717) is 19.6 Å². The van der Waals surface area contributed by atoms with Gasteiger partial charge in [-0.15, -0.1) is 0 Å². The summed E-state index contributed by atoms with van der Waals surface area (Å²) in [6, 6.07) is 1.68. The minimum absolute atomic E-state index is 0.109. The van der Waals surface area contributed by atoms with Gasteiger partial charge in [0.15, 0.2) is 10.7 Å². The van der Waals surface area contributed by atoms with Crippen molar-refractivity contribution in [3.8, 4) is 0 Å². The van der Waals surface area contributed by atoms with Crippen molar-refractivity contribution >= 4 is 15.9 Å². The van der Waals surface area contributed by atoms with Gasteiger partial charge < -0.3 is 9.80 Å². The average Bonchev–Trinajstić information content (AvgIpc) is 3.21. The highest BCUT2D eigenvalue weighted by Gasteiger charge is 2.36. The number of carbonyl (C=O) groups excluding carboxylic acids is 1. The van der Waals surface area contributed by atoms with E-state index in [0.717, 1.165) is 19.4 Å². The molecule has 0 saturated heterocycles. The maximum absolute atomic E-state index is 12.8. The van der Waals surface area contributed by atoms with Gasteiger partial charge in [-0.2, -0.15) is 9.40 Å². The molecule has 0 N–H and O–H groups in total. The molecular weight excluding hydrogens is 318 g/mol. The molecule has 1 aromatic heterocycles. The fourth-order valence-corrected chi connectivity index (χ4v) is 3.98. The Morgan fingerprint density at radius 2 is 2.00 bits per heavy atom. The van der Waals surface area contributed by atoms with Crippen LogP contribution in [-0.2, 0) is 16.6 Å². The maximum atomic E-state index is 12.8. The van der Waals surface area contributed by atoms with E-state index >= 15 is 0 Å². The summed E-state index contributed by atoms with van der Waals surface area (Å²) in [6.45, 7) is 2.25. The van der Waals surface area contributed by atoms with Gasteiger partial charge in [0.2, 0.25) is 0 Å². The van der Waals surface area contributed by atoms with Gasteiger partial charge in [-0.25, -0.2) is 8.42 Å². The smallest absolute Gasteiger partial charge is 0.274 e. The van der Waals surface area contributed by atoms with Crippen LogP contribution in [0.25, 0.3) is 0 Å². The Hall–Kier alpha value is -1.45. The van der Waals surface area contributed by atoms with E-state index in [1.54, 1.807) is 7.05 Å². The molecular formula is C14H23N5O3S. The second-order valence-corrected chi connectivity index (χ2v) is 8.44. The molecule has 9 heteroatoms. The van der Waals surface area contributed by atoms with Crippen molar-refractivity contribution in [3.05, 3.63) is 11.8 Å². The third-order valence-corrected chi connectivity index (χ3v) is 6.16. The normalized spacial score (nSPS) is 20.5. The Bertz CT molecular complexity index is 708. The zero-order valence-corrected chi connectivity index (χ0v) is 14.6. The first-order valence-electron chi connectivity index (χ1n) is 7.80. The molecule has 0 bridgehead atoms. The molecule has 0 unspecified atom stereocenters. The summed E-state index contributed by atoms with van der Waals surface area (Å²) in [5.74, 6) is -0.172. The summed E-state index contributed by atoms with van der Waals surface area (Å²) in [6.07, 6.45) is 2.02. The number of likely N-dealkylation sites (N-methyl/N-ethyl adjacent to an activating group) is 2. The highest BCUT2D eigenvalue weighted by Crippen LogP contribution is 2.29. The van der Waals surface area contributed by atoms with Crippen LogP contribution in [0.1, 0.15) is 23.3 Å². The Morgan fingerprint density at radius 1 is 1.30 bits per heavy atom. The number of fused-ring (bicyclic) bond motifs is 1. The zero-order chi connectivity index (χ0) is 16.8. The van der Waals surface area contributed by atoms with Crippen LogP contribution in [0, 0.1) is 0 Å². The van der Waals surface area contributed by atoms with E-state index in [1.807, 2.05) is 23.9 Å². The average molecular weight is 341 g/mol. The number of amides is 1. The molecule has 1 aliphatic carbocycles. The van der Waals surface area contributed by atoms with Crippen molar-refractivity contribution in [2.45, 2.75) is 30.5 Å². The summed E-state index contributed by atoms with van der Waals surface area (Å²) in [5.41, 5.74) is 0.226. The summed E-state index contributed by atoms with van der Waals surface area (Å²) in [5, 5.41) is 4.35. The molecule has 2 heterocycles. The number of hydrogen-bond acceptors (Lipinski definition) is 5. The molecule has 1 amide bonds. The Kier molecular flexibility index (Phi) is 4.19. The molecule has 1 aromatic rings. The molecule has 128 valence electrons. The van der Waals surface area contributed by atoms with Crippen LogP contribution in [0.5, 0.6) is 0 Å². The van der Waals surface area contributed by atoms with E-state index in [9.17, 15) is 13.2 Å². The van der Waals surface area contributed by atoms with Gasteiger partial charge in [0.05, 0.1) is 6.54 Å². The van der Waals surface area contributed by atoms with E-state index in [4.69, 9.17) is 0 Å². The lowest BCUT2D eigenvalue weighted by Crippen LogP contribution is -2.38. The molecule has 0 atom stereocenters. The van der Waals surface area contributed by atoms with Gasteiger partial charge in [0, 0.05) is 38.8 Å². The zero-order valence-electron chi connectivity index (χ0n) is 13.8.